The Hall–Kier alpha value is -4.06. The van der Waals surface area contributed by atoms with Gasteiger partial charge < -0.3 is 5.32 Å². The van der Waals surface area contributed by atoms with Crippen LogP contribution in [0.15, 0.2) is 65.1 Å². The zero-order valence-electron chi connectivity index (χ0n) is 16.4. The van der Waals surface area contributed by atoms with Gasteiger partial charge in [0.15, 0.2) is 5.16 Å². The fourth-order valence-electron chi connectivity index (χ4n) is 3.18. The molecule has 0 aliphatic heterocycles. The molecule has 0 atom stereocenters. The summed E-state index contributed by atoms with van der Waals surface area (Å²) in [6, 6.07) is 10.1. The predicted molar refractivity (Wildman–Crippen MR) is 117 cm³/mol. The quantitative estimate of drug-likeness (QED) is 0.197. The lowest BCUT2D eigenvalue weighted by atomic mass is 10.2. The smallest absolute Gasteiger partial charge is 0.306 e. The van der Waals surface area contributed by atoms with Crippen LogP contribution in [0.4, 0.5) is 15.8 Å². The van der Waals surface area contributed by atoms with Crippen molar-refractivity contribution < 1.29 is 14.1 Å². The SMILES string of the molecule is C=CCn1c(=O)c2ccccc2n2c(SCC(=O)Nc3ccc(F)c([N+](=O)[O-])c3)nnc12. The van der Waals surface area contributed by atoms with Gasteiger partial charge in [-0.3, -0.25) is 28.7 Å². The van der Waals surface area contributed by atoms with Crippen LogP contribution in [0, 0.1) is 15.9 Å². The number of allylic oxidation sites excluding steroid dienone is 1. The molecule has 0 aliphatic carbocycles. The summed E-state index contributed by atoms with van der Waals surface area (Å²) in [5.74, 6) is -1.25. The zero-order valence-corrected chi connectivity index (χ0v) is 17.2. The molecule has 32 heavy (non-hydrogen) atoms. The van der Waals surface area contributed by atoms with Crippen molar-refractivity contribution in [3.63, 3.8) is 0 Å². The molecular formula is C20H15FN6O4S. The van der Waals surface area contributed by atoms with Gasteiger partial charge in [-0.2, -0.15) is 4.39 Å². The Bertz CT molecular complexity index is 1450. The fraction of sp³-hybridized carbons (Fsp3) is 0.100. The number of anilines is 1. The molecule has 1 amide bonds. The highest BCUT2D eigenvalue weighted by molar-refractivity contribution is 7.99. The number of hydrogen-bond acceptors (Lipinski definition) is 7. The molecule has 0 spiro atoms. The Kier molecular flexibility index (Phi) is 5.69. The number of fused-ring (bicyclic) bond motifs is 3. The van der Waals surface area contributed by atoms with Gasteiger partial charge in [-0.05, 0) is 24.3 Å². The van der Waals surface area contributed by atoms with Crippen LogP contribution in [0.25, 0.3) is 16.7 Å². The summed E-state index contributed by atoms with van der Waals surface area (Å²) in [5, 5.41) is 22.4. The van der Waals surface area contributed by atoms with Crippen LogP contribution < -0.4 is 10.9 Å². The lowest BCUT2D eigenvalue weighted by molar-refractivity contribution is -0.387. The van der Waals surface area contributed by atoms with Gasteiger partial charge in [-0.25, -0.2) is 0 Å². The Morgan fingerprint density at radius 2 is 2.06 bits per heavy atom. The molecule has 4 aromatic rings. The molecule has 0 bridgehead atoms. The van der Waals surface area contributed by atoms with Crippen molar-refractivity contribution in [3.8, 4) is 0 Å². The highest BCUT2D eigenvalue weighted by atomic mass is 32.2. The number of thioether (sulfide) groups is 1. The lowest BCUT2D eigenvalue weighted by Crippen LogP contribution is -2.22. The van der Waals surface area contributed by atoms with Crippen LogP contribution in [0.3, 0.4) is 0 Å². The number of carbonyl (C=O) groups is 1. The van der Waals surface area contributed by atoms with Gasteiger partial charge in [0.05, 0.1) is 21.6 Å². The topological polar surface area (TPSA) is 124 Å². The fourth-order valence-corrected chi connectivity index (χ4v) is 3.92. The number of nitro groups is 1. The van der Waals surface area contributed by atoms with Crippen molar-refractivity contribution in [1.82, 2.24) is 19.2 Å². The Labute approximate surface area is 183 Å². The second-order valence-electron chi connectivity index (χ2n) is 6.60. The van der Waals surface area contributed by atoms with E-state index in [0.717, 1.165) is 23.9 Å². The van der Waals surface area contributed by atoms with Crippen molar-refractivity contribution in [3.05, 3.63) is 81.4 Å². The third-order valence-electron chi connectivity index (χ3n) is 4.55. The van der Waals surface area contributed by atoms with Crippen molar-refractivity contribution >= 4 is 45.7 Å². The molecule has 4 rings (SSSR count). The number of benzene rings is 2. The maximum absolute atomic E-state index is 13.5. The summed E-state index contributed by atoms with van der Waals surface area (Å²) >= 11 is 1.07. The molecule has 2 aromatic heterocycles. The molecule has 0 aliphatic rings. The van der Waals surface area contributed by atoms with Gasteiger partial charge in [0, 0.05) is 18.3 Å². The monoisotopic (exact) mass is 454 g/mol. The first-order valence-electron chi connectivity index (χ1n) is 9.25. The van der Waals surface area contributed by atoms with E-state index in [-0.39, 0.29) is 23.5 Å². The number of amides is 1. The van der Waals surface area contributed by atoms with Gasteiger partial charge in [0.2, 0.25) is 17.5 Å². The van der Waals surface area contributed by atoms with E-state index in [4.69, 9.17) is 0 Å². The van der Waals surface area contributed by atoms with Crippen LogP contribution in [-0.4, -0.2) is 35.7 Å². The van der Waals surface area contributed by atoms with E-state index in [9.17, 15) is 24.1 Å². The minimum Gasteiger partial charge on any atom is -0.325 e. The normalized spacial score (nSPS) is 11.0. The van der Waals surface area contributed by atoms with Gasteiger partial charge in [-0.15, -0.1) is 16.8 Å². The number of halogens is 1. The average Bonchev–Trinajstić information content (AvgIpc) is 3.20. The number of rotatable bonds is 7. The van der Waals surface area contributed by atoms with Gasteiger partial charge >= 0.3 is 5.69 Å². The number of para-hydroxylation sites is 1. The van der Waals surface area contributed by atoms with E-state index < -0.39 is 22.3 Å². The summed E-state index contributed by atoms with van der Waals surface area (Å²) in [5.41, 5.74) is -0.270. The van der Waals surface area contributed by atoms with Crippen LogP contribution >= 0.6 is 11.8 Å². The zero-order chi connectivity index (χ0) is 22.8. The number of nitrogens with zero attached hydrogens (tertiary/aromatic N) is 5. The highest BCUT2D eigenvalue weighted by Gasteiger charge is 2.18. The lowest BCUT2D eigenvalue weighted by Gasteiger charge is -2.09. The standard InChI is InChI=1S/C20H15FN6O4S/c1-2-9-25-18(29)13-5-3-4-6-15(13)26-19(25)23-24-20(26)32-11-17(28)22-12-7-8-14(21)16(10-12)27(30)31/h2-8,10H,1,9,11H2,(H,22,28). The summed E-state index contributed by atoms with van der Waals surface area (Å²) in [6.45, 7) is 3.91. The Balaban J connectivity index is 1.62. The van der Waals surface area contributed by atoms with Gasteiger partial charge in [0.1, 0.15) is 0 Å². The molecule has 0 unspecified atom stereocenters. The number of nitrogens with one attached hydrogen (secondary N) is 1. The summed E-state index contributed by atoms with van der Waals surface area (Å²) < 4.78 is 16.6. The summed E-state index contributed by atoms with van der Waals surface area (Å²) in [6.07, 6.45) is 1.58. The van der Waals surface area contributed by atoms with Gasteiger partial charge in [-0.1, -0.05) is 30.0 Å². The van der Waals surface area contributed by atoms with Crippen LogP contribution in [0.1, 0.15) is 0 Å². The largest absolute Gasteiger partial charge is 0.325 e. The summed E-state index contributed by atoms with van der Waals surface area (Å²) in [4.78, 5) is 35.2. The molecule has 0 saturated carbocycles. The van der Waals surface area contributed by atoms with Crippen LogP contribution in [-0.2, 0) is 11.3 Å². The van der Waals surface area contributed by atoms with E-state index >= 15 is 0 Å². The molecule has 162 valence electrons. The molecule has 10 nitrogen and oxygen atoms in total. The van der Waals surface area contributed by atoms with E-state index in [2.05, 4.69) is 22.1 Å². The molecule has 2 heterocycles. The third-order valence-corrected chi connectivity index (χ3v) is 5.48. The van der Waals surface area contributed by atoms with E-state index in [0.29, 0.717) is 21.8 Å². The number of carbonyl (C=O) groups excluding carboxylic acids is 1. The maximum atomic E-state index is 13.5. The molecule has 0 fully saturated rings. The molecule has 1 N–H and O–H groups in total. The first-order valence-corrected chi connectivity index (χ1v) is 10.2. The van der Waals surface area contributed by atoms with Crippen LogP contribution in [0.2, 0.25) is 0 Å². The number of nitro benzene ring substituents is 1. The van der Waals surface area contributed by atoms with Gasteiger partial charge in [0.25, 0.3) is 5.56 Å². The predicted octanol–water partition coefficient (Wildman–Crippen LogP) is 3.01. The molecular weight excluding hydrogens is 439 g/mol. The first-order chi connectivity index (χ1) is 15.4. The molecule has 0 radical (unpaired) electrons. The molecule has 0 saturated heterocycles. The highest BCUT2D eigenvalue weighted by Crippen LogP contribution is 2.24. The Morgan fingerprint density at radius 3 is 2.81 bits per heavy atom. The third kappa shape index (κ3) is 3.83. The van der Waals surface area contributed by atoms with Crippen molar-refractivity contribution in [1.29, 1.82) is 0 Å². The Morgan fingerprint density at radius 1 is 1.28 bits per heavy atom. The van der Waals surface area contributed by atoms with E-state index in [1.807, 2.05) is 0 Å². The molecule has 2 aromatic carbocycles. The minimum atomic E-state index is -0.991. The van der Waals surface area contributed by atoms with Crippen molar-refractivity contribution in [2.45, 2.75) is 11.7 Å². The minimum absolute atomic E-state index is 0.0964. The van der Waals surface area contributed by atoms with Crippen LogP contribution in [0.5, 0.6) is 0 Å². The van der Waals surface area contributed by atoms with E-state index in [1.165, 1.54) is 10.6 Å². The summed E-state index contributed by atoms with van der Waals surface area (Å²) in [7, 11) is 0. The maximum Gasteiger partial charge on any atom is 0.306 e. The average molecular weight is 454 g/mol. The molecule has 12 heteroatoms. The second kappa shape index (κ2) is 8.59. The first kappa shape index (κ1) is 21.2. The van der Waals surface area contributed by atoms with Crippen molar-refractivity contribution in [2.24, 2.45) is 0 Å². The van der Waals surface area contributed by atoms with Crippen molar-refractivity contribution in [2.75, 3.05) is 11.1 Å². The number of aromatic nitrogens is 4. The van der Waals surface area contributed by atoms with E-state index in [1.54, 1.807) is 34.7 Å². The second-order valence-corrected chi connectivity index (χ2v) is 7.54. The number of hydrogen-bond donors (Lipinski definition) is 1.